The number of rotatable bonds is 5. The first-order chi connectivity index (χ1) is 9.99. The molecule has 0 aliphatic carbocycles. The molecule has 22 heavy (non-hydrogen) atoms. The Morgan fingerprint density at radius 2 is 1.91 bits per heavy atom. The minimum Gasteiger partial charge on any atom is -0.472 e. The molecule has 1 aromatic heterocycles. The van der Waals surface area contributed by atoms with Crippen LogP contribution in [0.2, 0.25) is 0 Å². The first-order valence-corrected chi connectivity index (χ1v) is 6.64. The lowest BCUT2D eigenvalue weighted by Gasteiger charge is -2.07. The summed E-state index contributed by atoms with van der Waals surface area (Å²) in [5.41, 5.74) is 8.92. The van der Waals surface area contributed by atoms with Crippen molar-refractivity contribution in [3.8, 4) is 17.0 Å². The number of nitrogens with zero attached hydrogens (tertiary/aromatic N) is 2. The maximum atomic E-state index is 10.7. The molecule has 120 valence electrons. The van der Waals surface area contributed by atoms with E-state index in [1.165, 1.54) is 12.5 Å². The second kappa shape index (κ2) is 7.49. The van der Waals surface area contributed by atoms with Crippen molar-refractivity contribution in [2.75, 3.05) is 18.9 Å². The van der Waals surface area contributed by atoms with E-state index in [1.807, 2.05) is 31.2 Å². The highest BCUT2D eigenvalue weighted by molar-refractivity contribution is 5.79. The molecule has 0 aliphatic heterocycles. The van der Waals surface area contributed by atoms with E-state index in [9.17, 15) is 4.79 Å². The Hall–Kier alpha value is -2.50. The number of hydrogen-bond donors (Lipinski definition) is 1. The Balaban J connectivity index is 0.00000242. The van der Waals surface area contributed by atoms with Gasteiger partial charge in [0.25, 0.3) is 0 Å². The van der Waals surface area contributed by atoms with Crippen LogP contribution in [-0.4, -0.2) is 29.0 Å². The van der Waals surface area contributed by atoms with Gasteiger partial charge in [0.15, 0.2) is 0 Å². The summed E-state index contributed by atoms with van der Waals surface area (Å²) in [5.74, 6) is 0.630. The van der Waals surface area contributed by atoms with Crippen LogP contribution in [0.5, 0.6) is 5.88 Å². The zero-order chi connectivity index (χ0) is 15.4. The van der Waals surface area contributed by atoms with E-state index in [4.69, 9.17) is 15.2 Å². The summed E-state index contributed by atoms with van der Waals surface area (Å²) in [7, 11) is 1.76. The number of aryl methyl sites for hydroxylation is 2. The molecule has 6 nitrogen and oxygen atoms in total. The molecule has 2 N–H and O–H groups in total. The van der Waals surface area contributed by atoms with Gasteiger partial charge in [-0.3, -0.25) is 4.79 Å². The van der Waals surface area contributed by atoms with Crippen LogP contribution < -0.4 is 10.5 Å². The third-order valence-corrected chi connectivity index (χ3v) is 3.03. The SMILES string of the molecule is C.CC(=O)OCCOc1nn(C)c(N)c1-c1ccc(C)cc1. The highest BCUT2D eigenvalue weighted by Crippen LogP contribution is 2.34. The van der Waals surface area contributed by atoms with Crippen LogP contribution >= 0.6 is 0 Å². The number of carbonyl (C=O) groups is 1. The van der Waals surface area contributed by atoms with E-state index < -0.39 is 0 Å². The highest BCUT2D eigenvalue weighted by atomic mass is 16.6. The number of ether oxygens (including phenoxy) is 2. The largest absolute Gasteiger partial charge is 0.472 e. The average Bonchev–Trinajstić information content (AvgIpc) is 2.71. The minimum atomic E-state index is -0.335. The summed E-state index contributed by atoms with van der Waals surface area (Å²) in [6.07, 6.45) is 0. The Morgan fingerprint density at radius 3 is 2.50 bits per heavy atom. The van der Waals surface area contributed by atoms with Crippen molar-refractivity contribution in [3.63, 3.8) is 0 Å². The van der Waals surface area contributed by atoms with Crippen molar-refractivity contribution in [3.05, 3.63) is 29.8 Å². The van der Waals surface area contributed by atoms with Crippen LogP contribution in [0.3, 0.4) is 0 Å². The molecule has 6 heteroatoms. The molecular weight excluding hydrogens is 282 g/mol. The van der Waals surface area contributed by atoms with Gasteiger partial charge in [0.05, 0.1) is 5.56 Å². The third-order valence-electron chi connectivity index (χ3n) is 3.03. The van der Waals surface area contributed by atoms with Gasteiger partial charge >= 0.3 is 5.97 Å². The molecule has 0 aliphatic rings. The number of benzene rings is 1. The molecule has 1 heterocycles. The van der Waals surface area contributed by atoms with Gasteiger partial charge in [-0.05, 0) is 12.5 Å². The summed E-state index contributed by atoms with van der Waals surface area (Å²) in [6, 6.07) is 7.96. The Bertz CT molecular complexity index is 633. The first kappa shape index (κ1) is 17.6. The summed E-state index contributed by atoms with van der Waals surface area (Å²) in [5, 5.41) is 4.25. The van der Waals surface area contributed by atoms with E-state index >= 15 is 0 Å². The number of nitrogen functional groups attached to an aromatic ring is 1. The van der Waals surface area contributed by atoms with Gasteiger partial charge in [-0.2, -0.15) is 0 Å². The smallest absolute Gasteiger partial charge is 0.302 e. The summed E-state index contributed by atoms with van der Waals surface area (Å²) in [6.45, 7) is 3.79. The monoisotopic (exact) mass is 305 g/mol. The van der Waals surface area contributed by atoms with Crippen molar-refractivity contribution in [2.24, 2.45) is 7.05 Å². The highest BCUT2D eigenvalue weighted by Gasteiger charge is 2.17. The molecule has 0 atom stereocenters. The zero-order valence-corrected chi connectivity index (χ0v) is 12.4. The number of aromatic nitrogens is 2. The summed E-state index contributed by atoms with van der Waals surface area (Å²) < 4.78 is 12.0. The summed E-state index contributed by atoms with van der Waals surface area (Å²) in [4.78, 5) is 10.7. The van der Waals surface area contributed by atoms with Gasteiger partial charge in [0.1, 0.15) is 19.0 Å². The van der Waals surface area contributed by atoms with Crippen LogP contribution in [0, 0.1) is 6.92 Å². The zero-order valence-electron chi connectivity index (χ0n) is 12.4. The molecule has 0 spiro atoms. The van der Waals surface area contributed by atoms with Gasteiger partial charge in [-0.15, -0.1) is 5.10 Å². The van der Waals surface area contributed by atoms with Crippen molar-refractivity contribution in [2.45, 2.75) is 21.3 Å². The molecule has 0 bridgehead atoms. The third kappa shape index (κ3) is 4.00. The quantitative estimate of drug-likeness (QED) is 0.678. The molecular formula is C16H23N3O3. The molecule has 0 saturated carbocycles. The summed E-state index contributed by atoms with van der Waals surface area (Å²) >= 11 is 0. The van der Waals surface area contributed by atoms with Gasteiger partial charge in [-0.1, -0.05) is 37.3 Å². The van der Waals surface area contributed by atoms with Crippen LogP contribution in [0.25, 0.3) is 11.1 Å². The Labute approximate surface area is 130 Å². The predicted molar refractivity (Wildman–Crippen MR) is 86.7 cm³/mol. The molecule has 0 saturated heterocycles. The molecule has 1 aromatic carbocycles. The van der Waals surface area contributed by atoms with E-state index in [0.29, 0.717) is 11.7 Å². The van der Waals surface area contributed by atoms with Crippen LogP contribution in [0.15, 0.2) is 24.3 Å². The van der Waals surface area contributed by atoms with Gasteiger partial charge in [0.2, 0.25) is 5.88 Å². The Morgan fingerprint density at radius 1 is 1.27 bits per heavy atom. The second-order valence-electron chi connectivity index (χ2n) is 4.74. The molecule has 0 amide bonds. The number of anilines is 1. The van der Waals surface area contributed by atoms with E-state index in [1.54, 1.807) is 11.7 Å². The van der Waals surface area contributed by atoms with Crippen molar-refractivity contribution < 1.29 is 14.3 Å². The van der Waals surface area contributed by atoms with Crippen molar-refractivity contribution in [1.82, 2.24) is 9.78 Å². The van der Waals surface area contributed by atoms with Crippen LogP contribution in [-0.2, 0) is 16.6 Å². The lowest BCUT2D eigenvalue weighted by atomic mass is 10.1. The molecule has 2 aromatic rings. The van der Waals surface area contributed by atoms with Gasteiger partial charge in [0, 0.05) is 14.0 Å². The second-order valence-corrected chi connectivity index (χ2v) is 4.74. The average molecular weight is 305 g/mol. The Kier molecular flexibility index (Phi) is 5.98. The fraction of sp³-hybridized carbons (Fsp3) is 0.375. The topological polar surface area (TPSA) is 79.4 Å². The van der Waals surface area contributed by atoms with E-state index in [-0.39, 0.29) is 26.6 Å². The lowest BCUT2D eigenvalue weighted by Crippen LogP contribution is -2.10. The van der Waals surface area contributed by atoms with Crippen LogP contribution in [0.1, 0.15) is 19.9 Å². The van der Waals surface area contributed by atoms with Crippen molar-refractivity contribution in [1.29, 1.82) is 0 Å². The number of hydrogen-bond acceptors (Lipinski definition) is 5. The number of carbonyl (C=O) groups excluding carboxylic acids is 1. The first-order valence-electron chi connectivity index (χ1n) is 6.64. The van der Waals surface area contributed by atoms with E-state index in [2.05, 4.69) is 5.10 Å². The van der Waals surface area contributed by atoms with Crippen LogP contribution in [0.4, 0.5) is 5.82 Å². The minimum absolute atomic E-state index is 0. The van der Waals surface area contributed by atoms with E-state index in [0.717, 1.165) is 11.1 Å². The fourth-order valence-electron chi connectivity index (χ4n) is 1.93. The fourth-order valence-corrected chi connectivity index (χ4v) is 1.93. The predicted octanol–water partition coefficient (Wildman–Crippen LogP) is 2.56. The van der Waals surface area contributed by atoms with Gasteiger partial charge in [-0.25, -0.2) is 4.68 Å². The maximum absolute atomic E-state index is 10.7. The molecule has 0 unspecified atom stereocenters. The molecule has 0 radical (unpaired) electrons. The lowest BCUT2D eigenvalue weighted by molar-refractivity contribution is -0.141. The standard InChI is InChI=1S/C15H19N3O3.CH4/c1-10-4-6-12(7-5-10)13-14(16)18(3)17-15(13)21-9-8-20-11(2)19;/h4-7H,8-9,16H2,1-3H3;1H4. The maximum Gasteiger partial charge on any atom is 0.302 e. The normalized spacial score (nSPS) is 9.95. The molecule has 2 rings (SSSR count). The van der Waals surface area contributed by atoms with Crippen molar-refractivity contribution >= 4 is 11.8 Å². The number of nitrogens with two attached hydrogens (primary N) is 1. The van der Waals surface area contributed by atoms with Gasteiger partial charge < -0.3 is 15.2 Å². The molecule has 0 fully saturated rings. The number of esters is 1.